The molecule has 1 aliphatic heterocycles. The van der Waals surface area contributed by atoms with Gasteiger partial charge in [0.05, 0.1) is 0 Å². The average molecular weight is 179 g/mol. The van der Waals surface area contributed by atoms with Gasteiger partial charge in [-0.3, -0.25) is 14.3 Å². The maximum Gasteiger partial charge on any atom is 0.269 e. The minimum atomic E-state index is -0.155. The first-order chi connectivity index (χ1) is 6.31. The Morgan fingerprint density at radius 3 is 3.23 bits per heavy atom. The van der Waals surface area contributed by atoms with Gasteiger partial charge in [0.15, 0.2) is 6.29 Å². The Balaban J connectivity index is 2.44. The third-order valence-corrected chi connectivity index (χ3v) is 1.98. The molecule has 5 nitrogen and oxygen atoms in total. The lowest BCUT2D eigenvalue weighted by Gasteiger charge is -1.97. The molecule has 1 aliphatic rings. The number of aromatic nitrogens is 2. The molecular weight excluding hydrogens is 170 g/mol. The zero-order chi connectivity index (χ0) is 9.26. The third kappa shape index (κ3) is 1.32. The van der Waals surface area contributed by atoms with Crippen molar-refractivity contribution in [1.29, 1.82) is 0 Å². The van der Waals surface area contributed by atoms with Crippen molar-refractivity contribution >= 4 is 12.2 Å². The van der Waals surface area contributed by atoms with Crippen LogP contribution in [0.1, 0.15) is 27.4 Å². The van der Waals surface area contributed by atoms with Gasteiger partial charge in [-0.2, -0.15) is 5.10 Å². The second-order valence-electron chi connectivity index (χ2n) is 2.90. The number of hydrogen-bond acceptors (Lipinski definition) is 3. The first-order valence-corrected chi connectivity index (χ1v) is 4.12. The summed E-state index contributed by atoms with van der Waals surface area (Å²) in [5, 5.41) is 6.69. The normalized spacial score (nSPS) is 15.8. The SMILES string of the molecule is O=Cc1cc2n(n1)CCCNC2=O. The predicted octanol–water partition coefficient (Wildman–Crippen LogP) is -0.171. The number of nitrogens with zero attached hydrogens (tertiary/aromatic N) is 2. The third-order valence-electron chi connectivity index (χ3n) is 1.98. The molecule has 0 saturated heterocycles. The van der Waals surface area contributed by atoms with E-state index in [4.69, 9.17) is 0 Å². The van der Waals surface area contributed by atoms with Crippen LogP contribution in [0.4, 0.5) is 0 Å². The quantitative estimate of drug-likeness (QED) is 0.609. The highest BCUT2D eigenvalue weighted by atomic mass is 16.2. The van der Waals surface area contributed by atoms with Gasteiger partial charge in [-0.1, -0.05) is 0 Å². The monoisotopic (exact) mass is 179 g/mol. The second-order valence-corrected chi connectivity index (χ2v) is 2.90. The summed E-state index contributed by atoms with van der Waals surface area (Å²) in [5.74, 6) is -0.155. The smallest absolute Gasteiger partial charge is 0.269 e. The van der Waals surface area contributed by atoms with Crippen LogP contribution in [0.2, 0.25) is 0 Å². The highest BCUT2D eigenvalue weighted by Gasteiger charge is 2.17. The topological polar surface area (TPSA) is 64.0 Å². The second kappa shape index (κ2) is 3.01. The lowest BCUT2D eigenvalue weighted by Crippen LogP contribution is -2.22. The van der Waals surface area contributed by atoms with Crippen molar-refractivity contribution in [2.75, 3.05) is 6.54 Å². The summed E-state index contributed by atoms with van der Waals surface area (Å²) >= 11 is 0. The van der Waals surface area contributed by atoms with Gasteiger partial charge in [0.1, 0.15) is 11.4 Å². The van der Waals surface area contributed by atoms with Crippen LogP contribution in [0.5, 0.6) is 0 Å². The Bertz CT molecular complexity index is 356. The van der Waals surface area contributed by atoms with Gasteiger partial charge >= 0.3 is 0 Å². The number of hydrogen-bond donors (Lipinski definition) is 1. The predicted molar refractivity (Wildman–Crippen MR) is 44.6 cm³/mol. The highest BCUT2D eigenvalue weighted by Crippen LogP contribution is 2.06. The molecule has 0 atom stereocenters. The Morgan fingerprint density at radius 2 is 2.46 bits per heavy atom. The number of nitrogens with one attached hydrogen (secondary N) is 1. The van der Waals surface area contributed by atoms with E-state index in [1.807, 2.05) is 0 Å². The van der Waals surface area contributed by atoms with E-state index in [2.05, 4.69) is 10.4 Å². The molecular formula is C8H9N3O2. The number of amides is 1. The summed E-state index contributed by atoms with van der Waals surface area (Å²) in [7, 11) is 0. The Kier molecular flexibility index (Phi) is 1.84. The highest BCUT2D eigenvalue weighted by molar-refractivity contribution is 5.94. The molecule has 13 heavy (non-hydrogen) atoms. The zero-order valence-electron chi connectivity index (χ0n) is 6.99. The standard InChI is InChI=1S/C8H9N3O2/c12-5-6-4-7-8(13)9-2-1-3-11(7)10-6/h4-5H,1-3H2,(H,9,13). The fourth-order valence-electron chi connectivity index (χ4n) is 1.37. The molecule has 5 heteroatoms. The molecule has 0 saturated carbocycles. The van der Waals surface area contributed by atoms with Gasteiger partial charge in [-0.15, -0.1) is 0 Å². The number of rotatable bonds is 1. The summed E-state index contributed by atoms with van der Waals surface area (Å²) in [6.45, 7) is 1.35. The first kappa shape index (κ1) is 7.97. The van der Waals surface area contributed by atoms with Crippen LogP contribution in [-0.4, -0.2) is 28.5 Å². The van der Waals surface area contributed by atoms with E-state index in [1.54, 1.807) is 4.68 Å². The van der Waals surface area contributed by atoms with E-state index in [1.165, 1.54) is 6.07 Å². The number of fused-ring (bicyclic) bond motifs is 1. The van der Waals surface area contributed by atoms with Gasteiger partial charge in [0.25, 0.3) is 5.91 Å². The van der Waals surface area contributed by atoms with Gasteiger partial charge in [-0.05, 0) is 12.5 Å². The fraction of sp³-hybridized carbons (Fsp3) is 0.375. The Labute approximate surface area is 74.7 Å². The van der Waals surface area contributed by atoms with Crippen LogP contribution in [0, 0.1) is 0 Å². The molecule has 0 fully saturated rings. The van der Waals surface area contributed by atoms with Crippen LogP contribution >= 0.6 is 0 Å². The molecule has 0 unspecified atom stereocenters. The summed E-state index contributed by atoms with van der Waals surface area (Å²) < 4.78 is 1.58. The van der Waals surface area contributed by atoms with Gasteiger partial charge < -0.3 is 5.32 Å². The zero-order valence-corrected chi connectivity index (χ0v) is 6.99. The van der Waals surface area contributed by atoms with Crippen LogP contribution in [0.25, 0.3) is 0 Å². The minimum absolute atomic E-state index is 0.155. The van der Waals surface area contributed by atoms with Crippen LogP contribution in [0.15, 0.2) is 6.07 Å². The molecule has 1 aromatic heterocycles. The molecule has 1 amide bonds. The molecule has 1 N–H and O–H groups in total. The van der Waals surface area contributed by atoms with E-state index in [9.17, 15) is 9.59 Å². The van der Waals surface area contributed by atoms with Gasteiger partial charge in [0.2, 0.25) is 0 Å². The van der Waals surface area contributed by atoms with Crippen LogP contribution in [0.3, 0.4) is 0 Å². The maximum atomic E-state index is 11.3. The summed E-state index contributed by atoms with van der Waals surface area (Å²) in [6, 6.07) is 1.51. The lowest BCUT2D eigenvalue weighted by atomic mass is 10.3. The number of carbonyl (C=O) groups is 2. The van der Waals surface area contributed by atoms with Crippen molar-refractivity contribution < 1.29 is 9.59 Å². The van der Waals surface area contributed by atoms with Crippen molar-refractivity contribution in [2.24, 2.45) is 0 Å². The molecule has 1 aromatic rings. The minimum Gasteiger partial charge on any atom is -0.351 e. The van der Waals surface area contributed by atoms with Crippen molar-refractivity contribution in [3.05, 3.63) is 17.5 Å². The summed E-state index contributed by atoms with van der Waals surface area (Å²) in [6.07, 6.45) is 1.49. The van der Waals surface area contributed by atoms with Crippen LogP contribution in [-0.2, 0) is 6.54 Å². The number of carbonyl (C=O) groups excluding carboxylic acids is 2. The van der Waals surface area contributed by atoms with E-state index in [-0.39, 0.29) is 5.91 Å². The number of aryl methyl sites for hydroxylation is 1. The molecule has 0 spiro atoms. The van der Waals surface area contributed by atoms with E-state index >= 15 is 0 Å². The summed E-state index contributed by atoms with van der Waals surface area (Å²) in [4.78, 5) is 21.8. The van der Waals surface area contributed by atoms with E-state index < -0.39 is 0 Å². The largest absolute Gasteiger partial charge is 0.351 e. The molecule has 0 bridgehead atoms. The van der Waals surface area contributed by atoms with Crippen molar-refractivity contribution in [2.45, 2.75) is 13.0 Å². The summed E-state index contributed by atoms with van der Waals surface area (Å²) in [5.41, 5.74) is 0.784. The van der Waals surface area contributed by atoms with Crippen molar-refractivity contribution in [3.8, 4) is 0 Å². The molecule has 0 aromatic carbocycles. The molecule has 68 valence electrons. The van der Waals surface area contributed by atoms with E-state index in [0.717, 1.165) is 6.42 Å². The van der Waals surface area contributed by atoms with Gasteiger partial charge in [0, 0.05) is 13.1 Å². The molecule has 0 radical (unpaired) electrons. The Hall–Kier alpha value is -1.65. The van der Waals surface area contributed by atoms with Crippen molar-refractivity contribution in [3.63, 3.8) is 0 Å². The molecule has 2 rings (SSSR count). The maximum absolute atomic E-state index is 11.3. The number of aldehydes is 1. The Morgan fingerprint density at radius 1 is 1.62 bits per heavy atom. The van der Waals surface area contributed by atoms with Crippen molar-refractivity contribution in [1.82, 2.24) is 15.1 Å². The average Bonchev–Trinajstić information content (AvgIpc) is 2.48. The fourth-order valence-corrected chi connectivity index (χ4v) is 1.37. The van der Waals surface area contributed by atoms with Gasteiger partial charge in [-0.25, -0.2) is 0 Å². The van der Waals surface area contributed by atoms with E-state index in [0.29, 0.717) is 30.8 Å². The van der Waals surface area contributed by atoms with Crippen LogP contribution < -0.4 is 5.32 Å². The molecule has 2 heterocycles. The first-order valence-electron chi connectivity index (χ1n) is 4.12. The molecule has 0 aliphatic carbocycles. The lowest BCUT2D eigenvalue weighted by molar-refractivity contribution is 0.0950.